The summed E-state index contributed by atoms with van der Waals surface area (Å²) in [6, 6.07) is 0.0978. The lowest BCUT2D eigenvalue weighted by Gasteiger charge is -2.22. The van der Waals surface area contributed by atoms with Crippen molar-refractivity contribution in [1.29, 1.82) is 0 Å². The van der Waals surface area contributed by atoms with Crippen LogP contribution in [0.2, 0.25) is 0 Å². The molecule has 3 nitrogen and oxygen atoms in total. The molecule has 0 N–H and O–H groups in total. The van der Waals surface area contributed by atoms with E-state index in [-0.39, 0.29) is 17.9 Å². The first-order chi connectivity index (χ1) is 11.2. The molecule has 134 valence electrons. The van der Waals surface area contributed by atoms with E-state index < -0.39 is 0 Å². The van der Waals surface area contributed by atoms with Crippen LogP contribution in [0.4, 0.5) is 0 Å². The Morgan fingerprint density at radius 1 is 0.739 bits per heavy atom. The summed E-state index contributed by atoms with van der Waals surface area (Å²) in [5.41, 5.74) is 0. The Morgan fingerprint density at radius 2 is 1.13 bits per heavy atom. The summed E-state index contributed by atoms with van der Waals surface area (Å²) < 4.78 is 0. The quantitative estimate of drug-likeness (QED) is 0.307. The van der Waals surface area contributed by atoms with E-state index in [2.05, 4.69) is 6.92 Å². The van der Waals surface area contributed by atoms with E-state index in [1.807, 2.05) is 6.92 Å². The maximum absolute atomic E-state index is 11.6. The Kier molecular flexibility index (Phi) is 11.0. The number of imide groups is 1. The van der Waals surface area contributed by atoms with E-state index in [1.165, 1.54) is 75.5 Å². The fraction of sp³-hybridized carbons (Fsp3) is 0.900. The first-order valence-corrected chi connectivity index (χ1v) is 10.0. The fourth-order valence-electron chi connectivity index (χ4n) is 3.50. The lowest BCUT2D eigenvalue weighted by molar-refractivity contribution is -0.140. The summed E-state index contributed by atoms with van der Waals surface area (Å²) >= 11 is 0. The smallest absolute Gasteiger partial charge is 0.229 e. The van der Waals surface area contributed by atoms with Crippen LogP contribution >= 0.6 is 0 Å². The third kappa shape index (κ3) is 8.53. The normalized spacial score (nSPS) is 16.3. The minimum absolute atomic E-state index is 0.0291. The van der Waals surface area contributed by atoms with E-state index in [1.54, 1.807) is 0 Å². The SMILES string of the molecule is CCCCCCCCCCCCCCC(C)N1C(=O)CCC1=O. The first kappa shape index (κ1) is 20.2. The van der Waals surface area contributed by atoms with Gasteiger partial charge in [0.2, 0.25) is 11.8 Å². The molecule has 2 amide bonds. The lowest BCUT2D eigenvalue weighted by atomic mass is 10.0. The predicted octanol–water partition coefficient (Wildman–Crippen LogP) is 5.62. The van der Waals surface area contributed by atoms with Gasteiger partial charge in [-0.15, -0.1) is 0 Å². The lowest BCUT2D eigenvalue weighted by Crippen LogP contribution is -2.37. The molecule has 0 aliphatic carbocycles. The second kappa shape index (κ2) is 12.5. The maximum atomic E-state index is 11.6. The molecule has 3 heteroatoms. The Bertz CT molecular complexity index is 325. The number of hydrogen-bond acceptors (Lipinski definition) is 2. The van der Waals surface area contributed by atoms with Crippen LogP contribution in [0.15, 0.2) is 0 Å². The Morgan fingerprint density at radius 3 is 1.57 bits per heavy atom. The molecule has 0 bridgehead atoms. The molecule has 1 unspecified atom stereocenters. The Balaban J connectivity index is 1.88. The summed E-state index contributed by atoms with van der Waals surface area (Å²) in [7, 11) is 0. The number of likely N-dealkylation sites (tertiary alicyclic amines) is 1. The van der Waals surface area contributed by atoms with Crippen molar-refractivity contribution in [1.82, 2.24) is 4.90 Å². The van der Waals surface area contributed by atoms with Gasteiger partial charge in [0.1, 0.15) is 0 Å². The van der Waals surface area contributed by atoms with Crippen LogP contribution in [0.25, 0.3) is 0 Å². The molecule has 0 aromatic carbocycles. The zero-order valence-electron chi connectivity index (χ0n) is 15.4. The molecule has 0 spiro atoms. The molecule has 0 radical (unpaired) electrons. The van der Waals surface area contributed by atoms with Crippen molar-refractivity contribution >= 4 is 11.8 Å². The monoisotopic (exact) mass is 323 g/mol. The van der Waals surface area contributed by atoms with Crippen molar-refractivity contribution in [3.63, 3.8) is 0 Å². The number of nitrogens with zero attached hydrogens (tertiary/aromatic N) is 1. The molecule has 1 saturated heterocycles. The molecule has 1 aliphatic rings. The van der Waals surface area contributed by atoms with E-state index in [9.17, 15) is 9.59 Å². The van der Waals surface area contributed by atoms with Gasteiger partial charge in [-0.2, -0.15) is 0 Å². The number of hydrogen-bond donors (Lipinski definition) is 0. The zero-order valence-corrected chi connectivity index (χ0v) is 15.4. The van der Waals surface area contributed by atoms with Crippen LogP contribution in [0.5, 0.6) is 0 Å². The Hall–Kier alpha value is -0.860. The number of rotatable bonds is 14. The fourth-order valence-corrected chi connectivity index (χ4v) is 3.50. The molecule has 1 aliphatic heterocycles. The number of amides is 2. The van der Waals surface area contributed by atoms with Crippen molar-refractivity contribution in [3.8, 4) is 0 Å². The van der Waals surface area contributed by atoms with Crippen molar-refractivity contribution in [2.45, 2.75) is 116 Å². The second-order valence-corrected chi connectivity index (χ2v) is 7.18. The highest BCUT2D eigenvalue weighted by Gasteiger charge is 2.32. The molecule has 23 heavy (non-hydrogen) atoms. The molecular weight excluding hydrogens is 286 g/mol. The summed E-state index contributed by atoms with van der Waals surface area (Å²) in [5.74, 6) is 0.0582. The van der Waals surface area contributed by atoms with Crippen molar-refractivity contribution in [3.05, 3.63) is 0 Å². The molecular formula is C20H37NO2. The highest BCUT2D eigenvalue weighted by atomic mass is 16.2. The van der Waals surface area contributed by atoms with Gasteiger partial charge >= 0.3 is 0 Å². The van der Waals surface area contributed by atoms with Crippen molar-refractivity contribution in [2.75, 3.05) is 0 Å². The molecule has 1 rings (SSSR count). The maximum Gasteiger partial charge on any atom is 0.229 e. The van der Waals surface area contributed by atoms with Crippen LogP contribution < -0.4 is 0 Å². The van der Waals surface area contributed by atoms with Crippen LogP contribution in [-0.2, 0) is 9.59 Å². The molecule has 0 saturated carbocycles. The second-order valence-electron chi connectivity index (χ2n) is 7.18. The van der Waals surface area contributed by atoms with Crippen LogP contribution in [0, 0.1) is 0 Å². The highest BCUT2D eigenvalue weighted by molar-refractivity contribution is 6.02. The van der Waals surface area contributed by atoms with Crippen molar-refractivity contribution < 1.29 is 9.59 Å². The number of unbranched alkanes of at least 4 members (excludes halogenated alkanes) is 11. The minimum Gasteiger partial charge on any atom is -0.280 e. The molecule has 1 heterocycles. The average molecular weight is 324 g/mol. The van der Waals surface area contributed by atoms with Crippen molar-refractivity contribution in [2.24, 2.45) is 0 Å². The summed E-state index contributed by atoms with van der Waals surface area (Å²) in [6.07, 6.45) is 17.9. The van der Waals surface area contributed by atoms with Gasteiger partial charge in [0.05, 0.1) is 0 Å². The molecule has 1 fully saturated rings. The molecule has 0 aromatic heterocycles. The number of carbonyl (C=O) groups excluding carboxylic acids is 2. The topological polar surface area (TPSA) is 37.4 Å². The highest BCUT2D eigenvalue weighted by Crippen LogP contribution is 2.19. The van der Waals surface area contributed by atoms with Gasteiger partial charge in [-0.1, -0.05) is 84.0 Å². The third-order valence-corrected chi connectivity index (χ3v) is 5.01. The standard InChI is InChI=1S/C20H37NO2/c1-3-4-5-6-7-8-9-10-11-12-13-14-15-18(2)21-19(22)16-17-20(21)23/h18H,3-17H2,1-2H3. The van der Waals surface area contributed by atoms with Gasteiger partial charge in [-0.05, 0) is 13.3 Å². The van der Waals surface area contributed by atoms with E-state index in [0.29, 0.717) is 12.8 Å². The van der Waals surface area contributed by atoms with Crippen LogP contribution in [0.1, 0.15) is 110 Å². The molecule has 1 atom stereocenters. The van der Waals surface area contributed by atoms with Crippen LogP contribution in [-0.4, -0.2) is 22.8 Å². The van der Waals surface area contributed by atoms with Gasteiger partial charge in [0.15, 0.2) is 0 Å². The van der Waals surface area contributed by atoms with Gasteiger partial charge in [0.25, 0.3) is 0 Å². The van der Waals surface area contributed by atoms with E-state index in [0.717, 1.165) is 12.8 Å². The minimum atomic E-state index is 0.0291. The van der Waals surface area contributed by atoms with E-state index >= 15 is 0 Å². The van der Waals surface area contributed by atoms with Gasteiger partial charge in [-0.3, -0.25) is 14.5 Å². The van der Waals surface area contributed by atoms with Crippen LogP contribution in [0.3, 0.4) is 0 Å². The first-order valence-electron chi connectivity index (χ1n) is 10.0. The zero-order chi connectivity index (χ0) is 16.9. The molecule has 0 aromatic rings. The summed E-state index contributed by atoms with van der Waals surface area (Å²) in [6.45, 7) is 4.28. The van der Waals surface area contributed by atoms with Gasteiger partial charge in [0, 0.05) is 18.9 Å². The largest absolute Gasteiger partial charge is 0.280 e. The summed E-state index contributed by atoms with van der Waals surface area (Å²) in [5, 5.41) is 0. The Labute approximate surface area is 143 Å². The van der Waals surface area contributed by atoms with E-state index in [4.69, 9.17) is 0 Å². The predicted molar refractivity (Wildman–Crippen MR) is 96.2 cm³/mol. The summed E-state index contributed by atoms with van der Waals surface area (Å²) in [4.78, 5) is 24.8. The van der Waals surface area contributed by atoms with Gasteiger partial charge < -0.3 is 0 Å². The average Bonchev–Trinajstić information content (AvgIpc) is 2.87. The number of carbonyl (C=O) groups is 2. The third-order valence-electron chi connectivity index (χ3n) is 5.01. The van der Waals surface area contributed by atoms with Gasteiger partial charge in [-0.25, -0.2) is 0 Å².